The molecule has 0 bridgehead atoms. The van der Waals surface area contributed by atoms with Crippen LogP contribution in [0.3, 0.4) is 0 Å². The Balaban J connectivity index is 2.27. The van der Waals surface area contributed by atoms with Crippen LogP contribution < -0.4 is 10.6 Å². The highest BCUT2D eigenvalue weighted by molar-refractivity contribution is 5.68. The zero-order valence-electron chi connectivity index (χ0n) is 8.66. The average molecular weight is 202 g/mol. The predicted molar refractivity (Wildman–Crippen MR) is 51.2 cm³/mol. The van der Waals surface area contributed by atoms with E-state index in [0.29, 0.717) is 0 Å². The number of hydrogen-bond acceptors (Lipinski definition) is 5. The molecule has 0 saturated carbocycles. The fourth-order valence-corrected chi connectivity index (χ4v) is 1.09. The van der Waals surface area contributed by atoms with Gasteiger partial charge in [0.2, 0.25) is 0 Å². The molecule has 1 heterocycles. The van der Waals surface area contributed by atoms with Crippen LogP contribution in [0.4, 0.5) is 4.79 Å². The van der Waals surface area contributed by atoms with Gasteiger partial charge in [0, 0.05) is 13.2 Å². The number of ether oxygens (including phenoxy) is 1. The molecule has 1 amide bonds. The summed E-state index contributed by atoms with van der Waals surface area (Å²) in [5.74, 6) is 0. The van der Waals surface area contributed by atoms with Gasteiger partial charge in [-0.05, 0) is 20.8 Å². The molecule has 0 radical (unpaired) electrons. The van der Waals surface area contributed by atoms with Crippen molar-refractivity contribution in [1.29, 1.82) is 0 Å². The number of rotatable bonds is 1. The molecule has 1 atom stereocenters. The first-order valence-electron chi connectivity index (χ1n) is 4.52. The Morgan fingerprint density at radius 2 is 2.29 bits per heavy atom. The lowest BCUT2D eigenvalue weighted by Crippen LogP contribution is -2.45. The second-order valence-corrected chi connectivity index (χ2v) is 4.23. The van der Waals surface area contributed by atoms with E-state index in [0.717, 1.165) is 5.06 Å². The normalized spacial score (nSPS) is 23.6. The number of nitrogens with zero attached hydrogens (tertiary/aromatic N) is 1. The van der Waals surface area contributed by atoms with Crippen LogP contribution in [-0.4, -0.2) is 36.1 Å². The first-order valence-corrected chi connectivity index (χ1v) is 4.52. The van der Waals surface area contributed by atoms with Gasteiger partial charge in [0.05, 0.1) is 6.17 Å². The molecule has 0 aromatic heterocycles. The summed E-state index contributed by atoms with van der Waals surface area (Å²) >= 11 is 0. The van der Waals surface area contributed by atoms with Gasteiger partial charge in [-0.2, -0.15) is 0 Å². The summed E-state index contributed by atoms with van der Waals surface area (Å²) in [7, 11) is 0. The van der Waals surface area contributed by atoms with Crippen LogP contribution >= 0.6 is 0 Å². The Hall–Kier alpha value is -0.850. The van der Waals surface area contributed by atoms with Crippen molar-refractivity contribution >= 4 is 6.09 Å². The fraction of sp³-hybridized carbons (Fsp3) is 0.875. The van der Waals surface area contributed by atoms with E-state index in [1.807, 2.05) is 0 Å². The molecule has 14 heavy (non-hydrogen) atoms. The van der Waals surface area contributed by atoms with Crippen molar-refractivity contribution < 1.29 is 9.53 Å². The Morgan fingerprint density at radius 3 is 2.71 bits per heavy atom. The van der Waals surface area contributed by atoms with Crippen LogP contribution in [-0.2, 0) is 4.74 Å². The first kappa shape index (κ1) is 11.2. The van der Waals surface area contributed by atoms with Gasteiger partial charge in [0.25, 0.3) is 0 Å². The molecule has 1 saturated heterocycles. The molecule has 2 N–H and O–H groups in total. The molecular formula is C8H16N3O3-. The Kier molecular flexibility index (Phi) is 3.30. The topological polar surface area (TPSA) is 76.7 Å². The molecule has 6 nitrogen and oxygen atoms in total. The van der Waals surface area contributed by atoms with E-state index in [4.69, 9.17) is 4.74 Å². The summed E-state index contributed by atoms with van der Waals surface area (Å²) in [5.41, 5.74) is -0.514. The maximum Gasteiger partial charge on any atom is 0.408 e. The minimum atomic E-state index is -0.514. The number of nitrogens with one attached hydrogen (secondary N) is 2. The quantitative estimate of drug-likeness (QED) is 0.635. The Labute approximate surface area is 83.2 Å². The lowest BCUT2D eigenvalue weighted by Gasteiger charge is -2.22. The van der Waals surface area contributed by atoms with Crippen LogP contribution in [0.1, 0.15) is 20.8 Å². The summed E-state index contributed by atoms with van der Waals surface area (Å²) in [6.07, 6.45) is -0.826. The summed E-state index contributed by atoms with van der Waals surface area (Å²) < 4.78 is 5.02. The molecule has 1 unspecified atom stereocenters. The molecule has 1 aliphatic rings. The Bertz CT molecular complexity index is 214. The number of hydrogen-bond donors (Lipinski definition) is 2. The van der Waals surface area contributed by atoms with Crippen molar-refractivity contribution in [2.24, 2.45) is 0 Å². The number of carbonyl (C=O) groups is 1. The summed E-state index contributed by atoms with van der Waals surface area (Å²) in [4.78, 5) is 11.2. The molecule has 6 heteroatoms. The van der Waals surface area contributed by atoms with Gasteiger partial charge < -0.3 is 20.3 Å². The van der Waals surface area contributed by atoms with Gasteiger partial charge in [-0.15, -0.1) is 0 Å². The fourth-order valence-electron chi connectivity index (χ4n) is 1.09. The predicted octanol–water partition coefficient (Wildman–Crippen LogP) is 0.198. The smallest absolute Gasteiger partial charge is 0.408 e. The third-order valence-electron chi connectivity index (χ3n) is 1.59. The zero-order chi connectivity index (χ0) is 10.8. The van der Waals surface area contributed by atoms with Crippen molar-refractivity contribution in [2.45, 2.75) is 32.5 Å². The van der Waals surface area contributed by atoms with E-state index in [2.05, 4.69) is 10.6 Å². The van der Waals surface area contributed by atoms with E-state index in [1.54, 1.807) is 20.8 Å². The SMILES string of the molecule is CC(C)(C)OC(=O)NC1CN([O-])CN1. The Morgan fingerprint density at radius 1 is 1.64 bits per heavy atom. The molecule has 1 fully saturated rings. The van der Waals surface area contributed by atoms with E-state index >= 15 is 0 Å². The zero-order valence-corrected chi connectivity index (χ0v) is 8.66. The number of hydroxylamine groups is 2. The van der Waals surface area contributed by atoms with E-state index in [9.17, 15) is 10.0 Å². The monoisotopic (exact) mass is 202 g/mol. The average Bonchev–Trinajstić information content (AvgIpc) is 2.30. The van der Waals surface area contributed by atoms with Crippen molar-refractivity contribution in [3.05, 3.63) is 5.21 Å². The van der Waals surface area contributed by atoms with Crippen LogP contribution in [0, 0.1) is 5.21 Å². The molecule has 0 aromatic rings. The lowest BCUT2D eigenvalue weighted by atomic mass is 10.2. The first-order chi connectivity index (χ1) is 6.37. The van der Waals surface area contributed by atoms with Crippen molar-refractivity contribution in [2.75, 3.05) is 13.2 Å². The lowest BCUT2D eigenvalue weighted by molar-refractivity contribution is 0.0502. The van der Waals surface area contributed by atoms with Crippen LogP contribution in [0.5, 0.6) is 0 Å². The molecule has 0 aliphatic carbocycles. The van der Waals surface area contributed by atoms with E-state index < -0.39 is 11.7 Å². The minimum Gasteiger partial charge on any atom is -0.784 e. The third kappa shape index (κ3) is 3.91. The maximum atomic E-state index is 11.2. The van der Waals surface area contributed by atoms with E-state index in [1.165, 1.54) is 0 Å². The van der Waals surface area contributed by atoms with Gasteiger partial charge in [-0.3, -0.25) is 5.32 Å². The third-order valence-corrected chi connectivity index (χ3v) is 1.59. The van der Waals surface area contributed by atoms with Gasteiger partial charge in [-0.25, -0.2) is 4.79 Å². The minimum absolute atomic E-state index is 0.237. The highest BCUT2D eigenvalue weighted by atomic mass is 16.6. The van der Waals surface area contributed by atoms with Gasteiger partial charge in [0.15, 0.2) is 0 Å². The summed E-state index contributed by atoms with van der Waals surface area (Å²) in [6, 6.07) is 0. The van der Waals surface area contributed by atoms with Crippen molar-refractivity contribution in [3.63, 3.8) is 0 Å². The van der Waals surface area contributed by atoms with Crippen LogP contribution in [0.25, 0.3) is 0 Å². The van der Waals surface area contributed by atoms with E-state index in [-0.39, 0.29) is 19.4 Å². The van der Waals surface area contributed by atoms with Crippen molar-refractivity contribution in [3.8, 4) is 0 Å². The van der Waals surface area contributed by atoms with Crippen LogP contribution in [0.15, 0.2) is 0 Å². The molecule has 0 aromatic carbocycles. The van der Waals surface area contributed by atoms with Gasteiger partial charge in [0.1, 0.15) is 5.60 Å². The number of amides is 1. The highest BCUT2D eigenvalue weighted by Gasteiger charge is 2.21. The van der Waals surface area contributed by atoms with Crippen LogP contribution in [0.2, 0.25) is 0 Å². The second kappa shape index (κ2) is 4.12. The standard InChI is InChI=1S/C8H16N3O3/c1-8(2,3)14-7(12)10-6-4-11(13)5-9-6/h6,9H,4-5H2,1-3H3,(H,10,12)/q-1. The maximum absolute atomic E-state index is 11.2. The molecule has 1 aliphatic heterocycles. The molecule has 0 spiro atoms. The molecule has 82 valence electrons. The molecular weight excluding hydrogens is 186 g/mol. The highest BCUT2D eigenvalue weighted by Crippen LogP contribution is 2.07. The number of carbonyl (C=O) groups excluding carboxylic acids is 1. The second-order valence-electron chi connectivity index (χ2n) is 4.23. The van der Waals surface area contributed by atoms with Crippen molar-refractivity contribution in [1.82, 2.24) is 15.7 Å². The summed E-state index contributed by atoms with van der Waals surface area (Å²) in [6.45, 7) is 5.84. The number of alkyl carbamates (subject to hydrolysis) is 1. The molecule has 1 rings (SSSR count). The van der Waals surface area contributed by atoms with Gasteiger partial charge in [-0.1, -0.05) is 0 Å². The largest absolute Gasteiger partial charge is 0.784 e. The van der Waals surface area contributed by atoms with Gasteiger partial charge >= 0.3 is 6.09 Å². The summed E-state index contributed by atoms with van der Waals surface area (Å²) in [5, 5.41) is 17.0.